The van der Waals surface area contributed by atoms with Crippen LogP contribution in [0.2, 0.25) is 15.1 Å². The second-order valence-electron chi connectivity index (χ2n) is 8.30. The maximum atomic E-state index is 13.3. The molecule has 4 aromatic carbocycles. The van der Waals surface area contributed by atoms with Crippen LogP contribution in [0.5, 0.6) is 5.75 Å². The van der Waals surface area contributed by atoms with E-state index in [0.29, 0.717) is 32.4 Å². The molecule has 39 heavy (non-hydrogen) atoms. The van der Waals surface area contributed by atoms with E-state index >= 15 is 0 Å². The number of para-hydroxylation sites is 1. The van der Waals surface area contributed by atoms with Gasteiger partial charge in [0.25, 0.3) is 5.91 Å². The van der Waals surface area contributed by atoms with Crippen molar-refractivity contribution in [3.8, 4) is 16.9 Å². The summed E-state index contributed by atoms with van der Waals surface area (Å²) in [5.41, 5.74) is 5.59. The van der Waals surface area contributed by atoms with Crippen LogP contribution in [0.15, 0.2) is 94.5 Å². The van der Waals surface area contributed by atoms with E-state index in [-0.39, 0.29) is 16.3 Å². The summed E-state index contributed by atoms with van der Waals surface area (Å²) in [4.78, 5) is 29.2. The van der Waals surface area contributed by atoms with E-state index in [1.807, 2.05) is 36.4 Å². The number of halogens is 4. The van der Waals surface area contributed by atoms with Gasteiger partial charge in [-0.15, -0.1) is 0 Å². The smallest absolute Gasteiger partial charge is 0.345 e. The third-order valence-corrected chi connectivity index (χ3v) is 7.14. The van der Waals surface area contributed by atoms with Crippen LogP contribution in [0.25, 0.3) is 22.0 Å². The molecule has 6 nitrogen and oxygen atoms in total. The number of carbonyl (C=O) groups is 2. The molecule has 2 N–H and O–H groups in total. The number of H-pyrrole nitrogens is 1. The Morgan fingerprint density at radius 3 is 2.46 bits per heavy atom. The second-order valence-corrected chi connectivity index (χ2v) is 10.5. The molecule has 0 aliphatic rings. The molecule has 1 heterocycles. The molecule has 0 aliphatic heterocycles. The normalized spacial score (nSPS) is 11.2. The molecule has 0 radical (unpaired) electrons. The van der Waals surface area contributed by atoms with Crippen LogP contribution in [0.3, 0.4) is 0 Å². The van der Waals surface area contributed by atoms with Gasteiger partial charge in [0.05, 0.1) is 16.8 Å². The van der Waals surface area contributed by atoms with Gasteiger partial charge in [-0.3, -0.25) is 4.79 Å². The lowest BCUT2D eigenvalue weighted by atomic mass is 10.0. The summed E-state index contributed by atoms with van der Waals surface area (Å²) in [6.45, 7) is 0. The van der Waals surface area contributed by atoms with Gasteiger partial charge in [-0.2, -0.15) is 5.10 Å². The highest BCUT2D eigenvalue weighted by Gasteiger charge is 2.21. The standard InChI is InChI=1S/C29H17BrCl3N3O3/c30-17-9-12-24-21(13-17)26(19-6-2-3-7-22(19)32)27(35-24)28(37)36-34-15-16-5-1-4-8-25(16)39-29(38)20-11-10-18(31)14-23(20)33/h1-15,35H,(H,36,37). The summed E-state index contributed by atoms with van der Waals surface area (Å²) < 4.78 is 6.40. The first-order chi connectivity index (χ1) is 18.8. The zero-order valence-corrected chi connectivity index (χ0v) is 23.7. The molecule has 1 amide bonds. The van der Waals surface area contributed by atoms with Crippen LogP contribution in [0.4, 0.5) is 0 Å². The minimum atomic E-state index is -0.657. The number of hydrogen-bond donors (Lipinski definition) is 2. The van der Waals surface area contributed by atoms with E-state index in [1.165, 1.54) is 18.3 Å². The molecule has 0 atom stereocenters. The summed E-state index contributed by atoms with van der Waals surface area (Å²) >= 11 is 22.0. The van der Waals surface area contributed by atoms with E-state index in [9.17, 15) is 9.59 Å². The molecular formula is C29H17BrCl3N3O3. The minimum Gasteiger partial charge on any atom is -0.422 e. The van der Waals surface area contributed by atoms with Gasteiger partial charge in [-0.1, -0.05) is 81.1 Å². The van der Waals surface area contributed by atoms with E-state index in [0.717, 1.165) is 15.4 Å². The van der Waals surface area contributed by atoms with Crippen LogP contribution < -0.4 is 10.2 Å². The van der Waals surface area contributed by atoms with Crippen LogP contribution in [0, 0.1) is 0 Å². The van der Waals surface area contributed by atoms with Crippen molar-refractivity contribution in [1.29, 1.82) is 0 Å². The van der Waals surface area contributed by atoms with Crippen LogP contribution in [0.1, 0.15) is 26.4 Å². The molecule has 10 heteroatoms. The monoisotopic (exact) mass is 639 g/mol. The molecule has 0 saturated heterocycles. The van der Waals surface area contributed by atoms with Gasteiger partial charge >= 0.3 is 5.97 Å². The summed E-state index contributed by atoms with van der Waals surface area (Å²) in [5, 5.41) is 6.02. The maximum absolute atomic E-state index is 13.3. The third-order valence-electron chi connectivity index (χ3n) is 5.77. The van der Waals surface area contributed by atoms with Crippen molar-refractivity contribution in [3.05, 3.63) is 121 Å². The summed E-state index contributed by atoms with van der Waals surface area (Å²) in [6.07, 6.45) is 1.39. The quantitative estimate of drug-likeness (QED) is 0.0844. The number of hydrazone groups is 1. The number of amides is 1. The Bertz CT molecular complexity index is 1770. The second kappa shape index (κ2) is 11.6. The number of hydrogen-bond acceptors (Lipinski definition) is 4. The van der Waals surface area contributed by atoms with E-state index in [1.54, 1.807) is 36.4 Å². The van der Waals surface area contributed by atoms with E-state index < -0.39 is 11.9 Å². The molecule has 5 aromatic rings. The number of aromatic nitrogens is 1. The lowest BCUT2D eigenvalue weighted by Gasteiger charge is -2.09. The van der Waals surface area contributed by atoms with Gasteiger partial charge < -0.3 is 9.72 Å². The highest BCUT2D eigenvalue weighted by atomic mass is 79.9. The van der Waals surface area contributed by atoms with Gasteiger partial charge in [0, 0.05) is 42.1 Å². The van der Waals surface area contributed by atoms with Gasteiger partial charge in [-0.05, 0) is 54.6 Å². The molecule has 0 fully saturated rings. The van der Waals surface area contributed by atoms with Crippen molar-refractivity contribution in [2.75, 3.05) is 0 Å². The molecule has 1 aromatic heterocycles. The van der Waals surface area contributed by atoms with Crippen LogP contribution >= 0.6 is 50.7 Å². The molecule has 194 valence electrons. The van der Waals surface area contributed by atoms with Crippen molar-refractivity contribution in [3.63, 3.8) is 0 Å². The van der Waals surface area contributed by atoms with Gasteiger partial charge in [0.2, 0.25) is 0 Å². The maximum Gasteiger partial charge on any atom is 0.345 e. The Morgan fingerprint density at radius 1 is 0.897 bits per heavy atom. The molecule has 0 spiro atoms. The predicted molar refractivity (Wildman–Crippen MR) is 159 cm³/mol. The Labute approximate surface area is 246 Å². The third kappa shape index (κ3) is 5.87. The molecular weight excluding hydrogens is 625 g/mol. The van der Waals surface area contributed by atoms with Crippen LogP contribution in [-0.4, -0.2) is 23.1 Å². The fourth-order valence-corrected chi connectivity index (χ4v) is 5.06. The topological polar surface area (TPSA) is 83.5 Å². The van der Waals surface area contributed by atoms with Gasteiger partial charge in [-0.25, -0.2) is 10.2 Å². The number of fused-ring (bicyclic) bond motifs is 1. The van der Waals surface area contributed by atoms with E-state index in [2.05, 4.69) is 31.4 Å². The summed E-state index contributed by atoms with van der Waals surface area (Å²) in [7, 11) is 0. The molecule has 0 aliphatic carbocycles. The number of aromatic amines is 1. The fourth-order valence-electron chi connectivity index (χ4n) is 3.98. The number of esters is 1. The van der Waals surface area contributed by atoms with Gasteiger partial charge in [0.1, 0.15) is 11.4 Å². The van der Waals surface area contributed by atoms with Crippen LogP contribution in [-0.2, 0) is 0 Å². The Morgan fingerprint density at radius 2 is 1.67 bits per heavy atom. The Hall–Kier alpha value is -3.62. The lowest BCUT2D eigenvalue weighted by Crippen LogP contribution is -2.19. The van der Waals surface area contributed by atoms with E-state index in [4.69, 9.17) is 39.5 Å². The number of nitrogens with zero attached hydrogens (tertiary/aromatic N) is 1. The number of nitrogens with one attached hydrogen (secondary N) is 2. The van der Waals surface area contributed by atoms with Gasteiger partial charge in [0.15, 0.2) is 0 Å². The number of ether oxygens (including phenoxy) is 1. The highest BCUT2D eigenvalue weighted by Crippen LogP contribution is 2.37. The van der Waals surface area contributed by atoms with Crippen molar-refractivity contribution >= 4 is 79.7 Å². The SMILES string of the molecule is O=C(Oc1ccccc1C=NNC(=O)c1[nH]c2ccc(Br)cc2c1-c1ccccc1Cl)c1ccc(Cl)cc1Cl. The predicted octanol–water partition coefficient (Wildman–Crippen LogP) is 8.54. The first-order valence-corrected chi connectivity index (χ1v) is 13.4. The first kappa shape index (κ1) is 27.0. The lowest BCUT2D eigenvalue weighted by molar-refractivity contribution is 0.0734. The number of benzene rings is 4. The number of rotatable bonds is 6. The Kier molecular flexibility index (Phi) is 8.04. The zero-order valence-electron chi connectivity index (χ0n) is 19.8. The summed E-state index contributed by atoms with van der Waals surface area (Å²) in [5.74, 6) is -0.898. The molecule has 0 saturated carbocycles. The van der Waals surface area contributed by atoms with Crippen molar-refractivity contribution in [1.82, 2.24) is 10.4 Å². The summed E-state index contributed by atoms with van der Waals surface area (Å²) in [6, 6.07) is 24.2. The fraction of sp³-hybridized carbons (Fsp3) is 0. The Balaban J connectivity index is 1.41. The zero-order chi connectivity index (χ0) is 27.5. The highest BCUT2D eigenvalue weighted by molar-refractivity contribution is 9.10. The molecule has 0 bridgehead atoms. The molecule has 5 rings (SSSR count). The average Bonchev–Trinajstić information content (AvgIpc) is 3.28. The number of carbonyl (C=O) groups excluding carboxylic acids is 2. The average molecular weight is 642 g/mol. The van der Waals surface area contributed by atoms with Crippen molar-refractivity contribution in [2.45, 2.75) is 0 Å². The minimum absolute atomic E-state index is 0.165. The molecule has 0 unspecified atom stereocenters. The van der Waals surface area contributed by atoms with Crippen molar-refractivity contribution in [2.24, 2.45) is 5.10 Å². The van der Waals surface area contributed by atoms with Crippen molar-refractivity contribution < 1.29 is 14.3 Å². The first-order valence-electron chi connectivity index (χ1n) is 11.5. The largest absolute Gasteiger partial charge is 0.422 e.